The Kier molecular flexibility index (Phi) is 85.7. The SMILES string of the molecule is CCCCCCC/C=C\C/C=C\CCCCCCCCCCCCCCCCCCCCCCCCCCCCCCCC(=O)OC(COC(=O)CCCCCCCCCCCCCCCCCCCCCCCCCCCCCCC/C=C\CCCCCCCCCC)COP(=O)(O)OCC[N+](C)(C)C. The van der Waals surface area contributed by atoms with E-state index in [9.17, 15) is 19.0 Å². The zero-order chi connectivity index (χ0) is 76.8. The summed E-state index contributed by atoms with van der Waals surface area (Å²) in [4.78, 5) is 36.1. The number of unbranched alkanes of at least 4 members (excludes halogenated alkanes) is 71. The largest absolute Gasteiger partial charge is 0.472 e. The van der Waals surface area contributed by atoms with Crippen molar-refractivity contribution in [2.24, 2.45) is 0 Å². The van der Waals surface area contributed by atoms with Gasteiger partial charge in [-0.2, -0.15) is 0 Å². The summed E-state index contributed by atoms with van der Waals surface area (Å²) < 4.78 is 34.9. The summed E-state index contributed by atoms with van der Waals surface area (Å²) in [5.74, 6) is -0.765. The highest BCUT2D eigenvalue weighted by Crippen LogP contribution is 2.43. The standard InChI is InChI=1S/C96H186NO8P/c1-6-8-10-12-14-16-18-20-22-24-26-28-30-32-34-36-38-40-42-44-46-48-50-52-54-56-58-60-62-64-66-68-70-72-74-76-78-80-82-84-86-88-95(98)102-92-94(93-104-106(100,101)103-91-90-97(3,4)5)105-96(99)89-87-85-83-81-79-77-75-73-71-69-67-65-63-61-59-57-55-53-51-49-47-45-43-41-39-37-35-33-31-29-27-25-23-21-19-17-15-13-11-9-7-2/h19,21,24-27,94H,6-18,20,22-23,28-93H2,1-5H3/p+1/b21-19-,26-24-,27-25-. The van der Waals surface area contributed by atoms with Gasteiger partial charge < -0.3 is 18.9 Å². The summed E-state index contributed by atoms with van der Waals surface area (Å²) in [6.45, 7) is 4.52. The first-order chi connectivity index (χ1) is 52.0. The molecule has 0 aromatic heterocycles. The molecule has 2 atom stereocenters. The van der Waals surface area contributed by atoms with Crippen LogP contribution in [0.5, 0.6) is 0 Å². The Hall–Kier alpha value is -1.77. The van der Waals surface area contributed by atoms with Crippen molar-refractivity contribution >= 4 is 19.8 Å². The number of carbonyl (C=O) groups is 2. The van der Waals surface area contributed by atoms with Crippen LogP contribution in [0, 0.1) is 0 Å². The number of allylic oxidation sites excluding steroid dienone is 6. The minimum Gasteiger partial charge on any atom is -0.462 e. The highest BCUT2D eigenvalue weighted by Gasteiger charge is 2.27. The molecule has 9 nitrogen and oxygen atoms in total. The van der Waals surface area contributed by atoms with Crippen LogP contribution in [0.1, 0.15) is 515 Å². The van der Waals surface area contributed by atoms with E-state index in [2.05, 4.69) is 50.3 Å². The maximum atomic E-state index is 13.0. The molecule has 1 N–H and O–H groups in total. The Balaban J connectivity index is 3.80. The molecular formula is C96H187NO8P+. The molecule has 0 aromatic rings. The number of ether oxygens (including phenoxy) is 2. The van der Waals surface area contributed by atoms with Crippen LogP contribution < -0.4 is 0 Å². The van der Waals surface area contributed by atoms with Gasteiger partial charge >= 0.3 is 19.8 Å². The Bertz CT molecular complexity index is 1880. The minimum absolute atomic E-state index is 0.0363. The molecule has 0 radical (unpaired) electrons. The number of esters is 2. The van der Waals surface area contributed by atoms with Crippen molar-refractivity contribution in [3.05, 3.63) is 36.5 Å². The fraction of sp³-hybridized carbons (Fsp3) is 0.917. The molecule has 106 heavy (non-hydrogen) atoms. The quantitative estimate of drug-likeness (QED) is 0.0211. The zero-order valence-corrected chi connectivity index (χ0v) is 73.1. The predicted octanol–water partition coefficient (Wildman–Crippen LogP) is 32.4. The number of rotatable bonds is 91. The van der Waals surface area contributed by atoms with E-state index in [0.717, 1.165) is 44.9 Å². The number of nitrogens with zero attached hydrogens (tertiary/aromatic N) is 1. The molecule has 0 spiro atoms. The first kappa shape index (κ1) is 104. The monoisotopic (exact) mass is 1510 g/mol. The molecule has 0 saturated carbocycles. The molecule has 0 aliphatic heterocycles. The number of phosphoric ester groups is 1. The number of hydrogen-bond acceptors (Lipinski definition) is 7. The van der Waals surface area contributed by atoms with Crippen LogP contribution in [0.25, 0.3) is 0 Å². The number of phosphoric acid groups is 1. The molecular weight excluding hydrogens is 1330 g/mol. The van der Waals surface area contributed by atoms with Gasteiger partial charge in [-0.25, -0.2) is 4.57 Å². The third kappa shape index (κ3) is 91.1. The molecule has 0 aromatic carbocycles. The molecule has 0 rings (SSSR count). The van der Waals surface area contributed by atoms with Gasteiger partial charge in [-0.05, 0) is 70.6 Å². The third-order valence-corrected chi connectivity index (χ3v) is 23.1. The summed E-state index contributed by atoms with van der Waals surface area (Å²) in [6.07, 6.45) is 117. The fourth-order valence-corrected chi connectivity index (χ4v) is 15.6. The van der Waals surface area contributed by atoms with Gasteiger partial charge in [0.2, 0.25) is 0 Å². The molecule has 0 fully saturated rings. The van der Waals surface area contributed by atoms with Crippen molar-refractivity contribution in [2.75, 3.05) is 47.5 Å². The maximum absolute atomic E-state index is 13.0. The lowest BCUT2D eigenvalue weighted by atomic mass is 10.0. The topological polar surface area (TPSA) is 108 Å². The van der Waals surface area contributed by atoms with Gasteiger partial charge in [0.15, 0.2) is 6.10 Å². The molecule has 10 heteroatoms. The van der Waals surface area contributed by atoms with Crippen molar-refractivity contribution in [2.45, 2.75) is 521 Å². The predicted molar refractivity (Wildman–Crippen MR) is 464 cm³/mol. The summed E-state index contributed by atoms with van der Waals surface area (Å²) in [6, 6.07) is 0. The molecule has 0 aliphatic carbocycles. The summed E-state index contributed by atoms with van der Waals surface area (Å²) in [5.41, 5.74) is 0. The molecule has 628 valence electrons. The van der Waals surface area contributed by atoms with E-state index >= 15 is 0 Å². The van der Waals surface area contributed by atoms with Gasteiger partial charge in [-0.3, -0.25) is 18.6 Å². The summed E-state index contributed by atoms with van der Waals surface area (Å²) in [7, 11) is 1.51. The first-order valence-electron chi connectivity index (χ1n) is 47.7. The van der Waals surface area contributed by atoms with Gasteiger partial charge in [-0.15, -0.1) is 0 Å². The van der Waals surface area contributed by atoms with Crippen LogP contribution in [0.3, 0.4) is 0 Å². The minimum atomic E-state index is -4.40. The maximum Gasteiger partial charge on any atom is 0.472 e. The van der Waals surface area contributed by atoms with Crippen LogP contribution >= 0.6 is 7.82 Å². The molecule has 0 amide bonds. The lowest BCUT2D eigenvalue weighted by molar-refractivity contribution is -0.870. The first-order valence-corrected chi connectivity index (χ1v) is 49.2. The molecule has 0 saturated heterocycles. The average Bonchev–Trinajstić information content (AvgIpc) is 0.908. The number of carbonyl (C=O) groups excluding carboxylic acids is 2. The van der Waals surface area contributed by atoms with E-state index < -0.39 is 26.5 Å². The lowest BCUT2D eigenvalue weighted by Crippen LogP contribution is -2.37. The second-order valence-corrected chi connectivity index (χ2v) is 35.6. The van der Waals surface area contributed by atoms with Gasteiger partial charge in [0, 0.05) is 12.8 Å². The van der Waals surface area contributed by atoms with Crippen molar-refractivity contribution in [1.82, 2.24) is 0 Å². The normalized spacial score (nSPS) is 13.0. The van der Waals surface area contributed by atoms with Crippen LogP contribution in [-0.2, 0) is 32.7 Å². The van der Waals surface area contributed by atoms with Crippen LogP contribution in [0.4, 0.5) is 0 Å². The van der Waals surface area contributed by atoms with E-state index in [1.807, 2.05) is 21.1 Å². The van der Waals surface area contributed by atoms with Crippen LogP contribution in [0.2, 0.25) is 0 Å². The third-order valence-electron chi connectivity index (χ3n) is 22.1. The second-order valence-electron chi connectivity index (χ2n) is 34.1. The Labute approximate surface area is 662 Å². The average molecular weight is 1510 g/mol. The van der Waals surface area contributed by atoms with Crippen LogP contribution in [-0.4, -0.2) is 74.9 Å². The number of hydrogen-bond donors (Lipinski definition) is 1. The van der Waals surface area contributed by atoms with Gasteiger partial charge in [-0.1, -0.05) is 468 Å². The number of quaternary nitrogens is 1. The molecule has 0 aliphatic rings. The van der Waals surface area contributed by atoms with Crippen molar-refractivity contribution in [1.29, 1.82) is 0 Å². The fourth-order valence-electron chi connectivity index (χ4n) is 14.9. The molecule has 0 bridgehead atoms. The van der Waals surface area contributed by atoms with Crippen molar-refractivity contribution in [3.63, 3.8) is 0 Å². The van der Waals surface area contributed by atoms with E-state index in [0.29, 0.717) is 17.4 Å². The Morgan fingerprint density at radius 1 is 0.292 bits per heavy atom. The Morgan fingerprint density at radius 3 is 0.755 bits per heavy atom. The van der Waals surface area contributed by atoms with Crippen molar-refractivity contribution in [3.8, 4) is 0 Å². The van der Waals surface area contributed by atoms with E-state index in [4.69, 9.17) is 18.5 Å². The number of likely N-dealkylation sites (N-methyl/N-ethyl adjacent to an activating group) is 1. The van der Waals surface area contributed by atoms with Gasteiger partial charge in [0.05, 0.1) is 27.7 Å². The highest BCUT2D eigenvalue weighted by atomic mass is 31.2. The molecule has 0 heterocycles. The lowest BCUT2D eigenvalue weighted by Gasteiger charge is -2.24. The van der Waals surface area contributed by atoms with E-state index in [1.54, 1.807) is 0 Å². The van der Waals surface area contributed by atoms with Gasteiger partial charge in [0.25, 0.3) is 0 Å². The van der Waals surface area contributed by atoms with E-state index in [-0.39, 0.29) is 25.6 Å². The van der Waals surface area contributed by atoms with Gasteiger partial charge in [0.1, 0.15) is 19.8 Å². The molecule has 2 unspecified atom stereocenters. The highest BCUT2D eigenvalue weighted by molar-refractivity contribution is 7.47. The van der Waals surface area contributed by atoms with Crippen LogP contribution in [0.15, 0.2) is 36.5 Å². The second kappa shape index (κ2) is 87.2. The summed E-state index contributed by atoms with van der Waals surface area (Å²) >= 11 is 0. The van der Waals surface area contributed by atoms with Crippen molar-refractivity contribution < 1.29 is 42.1 Å². The smallest absolute Gasteiger partial charge is 0.462 e. The zero-order valence-electron chi connectivity index (χ0n) is 72.2. The van der Waals surface area contributed by atoms with E-state index in [1.165, 1.54) is 443 Å². The Morgan fingerprint density at radius 2 is 0.509 bits per heavy atom. The summed E-state index contributed by atoms with van der Waals surface area (Å²) in [5, 5.41) is 0.